The number of rotatable bonds is 4. The molecule has 1 aromatic carbocycles. The summed E-state index contributed by atoms with van der Waals surface area (Å²) in [5.74, 6) is -0.0244. The lowest BCUT2D eigenvalue weighted by Crippen LogP contribution is -2.20. The van der Waals surface area contributed by atoms with Crippen LogP contribution in [0.2, 0.25) is 0 Å². The summed E-state index contributed by atoms with van der Waals surface area (Å²) in [6, 6.07) is 6.23. The van der Waals surface area contributed by atoms with Crippen molar-refractivity contribution in [3.63, 3.8) is 0 Å². The number of likely N-dealkylation sites (N-methyl/N-ethyl adjacent to an activating group) is 1. The van der Waals surface area contributed by atoms with Crippen LogP contribution in [0, 0.1) is 10.1 Å². The van der Waals surface area contributed by atoms with Crippen LogP contribution in [0.15, 0.2) is 28.5 Å². The molecule has 8 nitrogen and oxygen atoms in total. The second kappa shape index (κ2) is 5.56. The van der Waals surface area contributed by atoms with Crippen molar-refractivity contribution in [2.75, 3.05) is 23.5 Å². The lowest BCUT2D eigenvalue weighted by molar-refractivity contribution is -0.383. The van der Waals surface area contributed by atoms with E-state index in [2.05, 4.69) is 5.32 Å². The number of benzene rings is 1. The smallest absolute Gasteiger partial charge is 0.305 e. The molecule has 0 unspecified atom stereocenters. The number of thiophene rings is 1. The lowest BCUT2D eigenvalue weighted by Gasteiger charge is -2.11. The Kier molecular flexibility index (Phi) is 3.80. The van der Waals surface area contributed by atoms with Gasteiger partial charge in [0.2, 0.25) is 5.91 Å². The summed E-state index contributed by atoms with van der Waals surface area (Å²) in [7, 11) is -1.85. The van der Waals surface area contributed by atoms with E-state index in [1.807, 2.05) is 0 Å². The molecule has 0 spiro atoms. The first kappa shape index (κ1) is 16.4. The molecule has 0 saturated heterocycles. The SMILES string of the molecule is CN1C(=O)Cc2cc(Nc3sc(S(C)(=O)=O)cc3[N+](=O)[O-])ccc21. The number of fused-ring (bicyclic) bond motifs is 1. The number of nitrogens with zero attached hydrogens (tertiary/aromatic N) is 2. The van der Waals surface area contributed by atoms with Gasteiger partial charge in [-0.05, 0) is 23.8 Å². The van der Waals surface area contributed by atoms with Crippen molar-refractivity contribution in [3.8, 4) is 0 Å². The van der Waals surface area contributed by atoms with Crippen molar-refractivity contribution in [2.45, 2.75) is 10.6 Å². The third-order valence-electron chi connectivity index (χ3n) is 3.67. The highest BCUT2D eigenvalue weighted by Crippen LogP contribution is 2.40. The zero-order chi connectivity index (χ0) is 17.6. The van der Waals surface area contributed by atoms with E-state index < -0.39 is 14.8 Å². The van der Waals surface area contributed by atoms with Gasteiger partial charge in [0, 0.05) is 30.7 Å². The van der Waals surface area contributed by atoms with Crippen molar-refractivity contribution in [2.24, 2.45) is 0 Å². The summed E-state index contributed by atoms with van der Waals surface area (Å²) >= 11 is 0.806. The summed E-state index contributed by atoms with van der Waals surface area (Å²) in [6.07, 6.45) is 1.27. The third-order valence-corrected chi connectivity index (χ3v) is 6.51. The van der Waals surface area contributed by atoms with E-state index in [0.29, 0.717) is 5.69 Å². The molecule has 1 N–H and O–H groups in total. The van der Waals surface area contributed by atoms with Gasteiger partial charge in [-0.25, -0.2) is 8.42 Å². The lowest BCUT2D eigenvalue weighted by atomic mass is 10.1. The predicted molar refractivity (Wildman–Crippen MR) is 90.9 cm³/mol. The van der Waals surface area contributed by atoms with Gasteiger partial charge in [-0.2, -0.15) is 0 Å². The van der Waals surface area contributed by atoms with Gasteiger partial charge in [-0.3, -0.25) is 14.9 Å². The molecule has 1 aromatic heterocycles. The number of sulfone groups is 1. The Morgan fingerprint density at radius 3 is 2.67 bits per heavy atom. The second-order valence-corrected chi connectivity index (χ2v) is 8.70. The Balaban J connectivity index is 1.98. The highest BCUT2D eigenvalue weighted by molar-refractivity contribution is 7.92. The molecule has 0 bridgehead atoms. The van der Waals surface area contributed by atoms with Crippen molar-refractivity contribution in [3.05, 3.63) is 39.9 Å². The first-order valence-electron chi connectivity index (χ1n) is 6.81. The van der Waals surface area contributed by atoms with Gasteiger partial charge < -0.3 is 10.2 Å². The maximum atomic E-state index is 11.7. The summed E-state index contributed by atoms with van der Waals surface area (Å²) in [4.78, 5) is 23.8. The van der Waals surface area contributed by atoms with Gasteiger partial charge in [0.25, 0.3) is 0 Å². The first-order valence-corrected chi connectivity index (χ1v) is 9.52. The molecule has 1 aliphatic rings. The topological polar surface area (TPSA) is 110 Å². The van der Waals surface area contributed by atoms with E-state index in [1.54, 1.807) is 30.1 Å². The van der Waals surface area contributed by atoms with E-state index in [1.165, 1.54) is 0 Å². The van der Waals surface area contributed by atoms with E-state index in [9.17, 15) is 23.3 Å². The van der Waals surface area contributed by atoms with Crippen LogP contribution >= 0.6 is 11.3 Å². The van der Waals surface area contributed by atoms with Crippen molar-refractivity contribution < 1.29 is 18.1 Å². The van der Waals surface area contributed by atoms with Crippen LogP contribution in [0.25, 0.3) is 0 Å². The molecule has 0 fully saturated rings. The fraction of sp³-hybridized carbons (Fsp3) is 0.214. The van der Waals surface area contributed by atoms with E-state index in [0.717, 1.165) is 34.9 Å². The zero-order valence-electron chi connectivity index (χ0n) is 12.8. The van der Waals surface area contributed by atoms with Gasteiger partial charge in [0.05, 0.1) is 11.3 Å². The predicted octanol–water partition coefficient (Wildman–Crippen LogP) is 2.32. The first-order chi connectivity index (χ1) is 11.2. The fourth-order valence-electron chi connectivity index (χ4n) is 2.45. The van der Waals surface area contributed by atoms with Crippen LogP contribution in [0.3, 0.4) is 0 Å². The monoisotopic (exact) mass is 367 g/mol. The minimum atomic E-state index is -3.53. The minimum Gasteiger partial charge on any atom is -0.341 e. The van der Waals surface area contributed by atoms with E-state index in [-0.39, 0.29) is 27.2 Å². The summed E-state index contributed by atoms with van der Waals surface area (Å²) in [5.41, 5.74) is 1.87. The van der Waals surface area contributed by atoms with Crippen molar-refractivity contribution in [1.29, 1.82) is 0 Å². The van der Waals surface area contributed by atoms with Crippen molar-refractivity contribution in [1.82, 2.24) is 0 Å². The quantitative estimate of drug-likeness (QED) is 0.656. The average Bonchev–Trinajstić information content (AvgIpc) is 3.01. The number of anilines is 3. The van der Waals surface area contributed by atoms with Crippen LogP contribution < -0.4 is 10.2 Å². The maximum Gasteiger partial charge on any atom is 0.305 e. The van der Waals surface area contributed by atoms with Crippen molar-refractivity contribution >= 4 is 49.1 Å². The molecular weight excluding hydrogens is 354 g/mol. The Bertz CT molecular complexity index is 965. The van der Waals surface area contributed by atoms with Crippen LogP contribution in [-0.4, -0.2) is 32.6 Å². The molecule has 0 radical (unpaired) electrons. The molecule has 10 heteroatoms. The van der Waals surface area contributed by atoms with Gasteiger partial charge >= 0.3 is 5.69 Å². The van der Waals surface area contributed by atoms with Crippen LogP contribution in [0.1, 0.15) is 5.56 Å². The van der Waals surface area contributed by atoms with Crippen LogP contribution in [0.5, 0.6) is 0 Å². The molecule has 126 valence electrons. The Hall–Kier alpha value is -2.46. The normalized spacial score (nSPS) is 13.9. The highest BCUT2D eigenvalue weighted by Gasteiger charge is 2.26. The summed E-state index contributed by atoms with van der Waals surface area (Å²) < 4.78 is 23.2. The molecular formula is C14H13N3O5S2. The van der Waals surface area contributed by atoms with E-state index >= 15 is 0 Å². The van der Waals surface area contributed by atoms with Gasteiger partial charge in [-0.1, -0.05) is 11.3 Å². The highest BCUT2D eigenvalue weighted by atomic mass is 32.2. The number of carbonyl (C=O) groups is 1. The average molecular weight is 367 g/mol. The Labute approximate surface area is 141 Å². The molecule has 1 amide bonds. The largest absolute Gasteiger partial charge is 0.341 e. The number of nitro groups is 1. The zero-order valence-corrected chi connectivity index (χ0v) is 14.4. The second-order valence-electron chi connectivity index (χ2n) is 5.41. The number of hydrogen-bond donors (Lipinski definition) is 1. The molecule has 0 aliphatic carbocycles. The molecule has 0 atom stereocenters. The minimum absolute atomic E-state index is 0.0244. The van der Waals surface area contributed by atoms with Gasteiger partial charge in [0.15, 0.2) is 14.8 Å². The van der Waals surface area contributed by atoms with Crippen LogP contribution in [-0.2, 0) is 21.1 Å². The molecule has 3 rings (SSSR count). The number of carbonyl (C=O) groups excluding carboxylic acids is 1. The maximum absolute atomic E-state index is 11.7. The summed E-state index contributed by atoms with van der Waals surface area (Å²) in [5, 5.41) is 14.2. The Morgan fingerprint density at radius 1 is 1.33 bits per heavy atom. The Morgan fingerprint density at radius 2 is 2.04 bits per heavy atom. The van der Waals surface area contributed by atoms with Gasteiger partial charge in [-0.15, -0.1) is 0 Å². The number of nitrogens with one attached hydrogen (secondary N) is 1. The third kappa shape index (κ3) is 2.85. The standard InChI is InChI=1S/C14H13N3O5S2/c1-16-10-4-3-9(5-8(10)6-12(16)18)15-14-11(17(19)20)7-13(23-14)24(2,21)22/h3-5,7,15H,6H2,1-2H3. The van der Waals surface area contributed by atoms with E-state index in [4.69, 9.17) is 0 Å². The number of hydrogen-bond acceptors (Lipinski definition) is 7. The molecule has 0 saturated carbocycles. The number of amides is 1. The van der Waals surface area contributed by atoms with Crippen LogP contribution in [0.4, 0.5) is 22.1 Å². The fourth-order valence-corrected chi connectivity index (χ4v) is 4.41. The molecule has 1 aliphatic heterocycles. The molecule has 2 heterocycles. The molecule has 24 heavy (non-hydrogen) atoms. The summed E-state index contributed by atoms with van der Waals surface area (Å²) in [6.45, 7) is 0. The van der Waals surface area contributed by atoms with Gasteiger partial charge in [0.1, 0.15) is 4.21 Å². The molecule has 2 aromatic rings.